The lowest BCUT2D eigenvalue weighted by Crippen LogP contribution is -2.46. The minimum atomic E-state index is -0.935. The number of amides is 2. The van der Waals surface area contributed by atoms with Crippen LogP contribution in [0.2, 0.25) is 0 Å². The van der Waals surface area contributed by atoms with Crippen LogP contribution in [0.15, 0.2) is 91.0 Å². The van der Waals surface area contributed by atoms with Crippen molar-refractivity contribution in [1.29, 1.82) is 0 Å². The highest BCUT2D eigenvalue weighted by atomic mass is 16.6. The Hall–Kier alpha value is -3.48. The van der Waals surface area contributed by atoms with Gasteiger partial charge in [0.05, 0.1) is 12.6 Å². The van der Waals surface area contributed by atoms with Crippen LogP contribution < -0.4 is 5.73 Å². The summed E-state index contributed by atoms with van der Waals surface area (Å²) in [5.74, 6) is -1.07. The van der Waals surface area contributed by atoms with Gasteiger partial charge in [0.2, 0.25) is 5.91 Å². The molecule has 6 heteroatoms. The van der Waals surface area contributed by atoms with Gasteiger partial charge in [0.25, 0.3) is 0 Å². The van der Waals surface area contributed by atoms with E-state index in [-0.39, 0.29) is 13.0 Å². The summed E-state index contributed by atoms with van der Waals surface area (Å²) in [6, 6.07) is 28.1. The number of nitrogens with zero attached hydrogens (tertiary/aromatic N) is 1. The number of nitrogens with two attached hydrogens (primary N) is 1. The molecule has 3 aromatic rings. The summed E-state index contributed by atoms with van der Waals surface area (Å²) >= 11 is 0. The van der Waals surface area contributed by atoms with Crippen LogP contribution in [0, 0.1) is 5.92 Å². The number of aliphatic hydroxyl groups excluding tert-OH is 1. The molecule has 0 aromatic heterocycles. The number of carbonyl (C=O) groups is 2. The predicted molar refractivity (Wildman–Crippen MR) is 146 cm³/mol. The molecule has 196 valence electrons. The maximum atomic E-state index is 14.0. The highest BCUT2D eigenvalue weighted by molar-refractivity contribution is 5.93. The Morgan fingerprint density at radius 2 is 1.27 bits per heavy atom. The zero-order valence-corrected chi connectivity index (χ0v) is 21.9. The first-order valence-corrected chi connectivity index (χ1v) is 12.7. The van der Waals surface area contributed by atoms with E-state index in [0.29, 0.717) is 12.8 Å². The highest BCUT2D eigenvalue weighted by Crippen LogP contribution is 2.23. The zero-order chi connectivity index (χ0) is 26.8. The van der Waals surface area contributed by atoms with E-state index in [2.05, 4.69) is 0 Å². The number of rotatable bonds is 10. The second-order valence-electron chi connectivity index (χ2n) is 10.4. The Morgan fingerprint density at radius 1 is 0.811 bits per heavy atom. The molecule has 0 saturated heterocycles. The van der Waals surface area contributed by atoms with Gasteiger partial charge < -0.3 is 15.6 Å². The van der Waals surface area contributed by atoms with Crippen molar-refractivity contribution in [1.82, 2.24) is 4.90 Å². The number of hydrogen-bond donors (Lipinski definition) is 2. The summed E-state index contributed by atoms with van der Waals surface area (Å²) in [5.41, 5.74) is 8.36. The molecule has 0 aliphatic rings. The van der Waals surface area contributed by atoms with Crippen LogP contribution in [0.4, 0.5) is 4.79 Å². The third-order valence-corrected chi connectivity index (χ3v) is 6.07. The maximum absolute atomic E-state index is 14.0. The average Bonchev–Trinajstić information content (AvgIpc) is 2.87. The Balaban J connectivity index is 1.86. The summed E-state index contributed by atoms with van der Waals surface area (Å²) in [4.78, 5) is 28.3. The lowest BCUT2D eigenvalue weighted by molar-refractivity contribution is -0.136. The molecule has 0 aliphatic heterocycles. The summed E-state index contributed by atoms with van der Waals surface area (Å²) < 4.78 is 5.60. The summed E-state index contributed by atoms with van der Waals surface area (Å²) in [7, 11) is 0. The second kappa shape index (κ2) is 13.2. The smallest absolute Gasteiger partial charge is 0.417 e. The molecule has 0 spiro atoms. The molecule has 3 unspecified atom stereocenters. The molecular formula is C31H38N2O4. The van der Waals surface area contributed by atoms with E-state index in [1.54, 1.807) is 20.8 Å². The van der Waals surface area contributed by atoms with Crippen molar-refractivity contribution >= 4 is 12.0 Å². The fraction of sp³-hybridized carbons (Fsp3) is 0.355. The molecule has 3 aromatic carbocycles. The molecule has 6 nitrogen and oxygen atoms in total. The van der Waals surface area contributed by atoms with Crippen molar-refractivity contribution in [2.45, 2.75) is 64.3 Å². The Morgan fingerprint density at radius 3 is 1.76 bits per heavy atom. The van der Waals surface area contributed by atoms with Crippen molar-refractivity contribution in [3.63, 3.8) is 0 Å². The minimum Gasteiger partial charge on any atom is -0.443 e. The average molecular weight is 503 g/mol. The van der Waals surface area contributed by atoms with Crippen LogP contribution in [0.25, 0.3) is 0 Å². The number of imide groups is 1. The van der Waals surface area contributed by atoms with Gasteiger partial charge in [-0.05, 0) is 56.7 Å². The molecule has 0 radical (unpaired) electrons. The molecule has 0 bridgehead atoms. The lowest BCUT2D eigenvalue weighted by Gasteiger charge is -2.30. The van der Waals surface area contributed by atoms with Gasteiger partial charge >= 0.3 is 6.09 Å². The van der Waals surface area contributed by atoms with Gasteiger partial charge in [-0.25, -0.2) is 9.69 Å². The lowest BCUT2D eigenvalue weighted by atomic mass is 9.88. The molecule has 0 fully saturated rings. The van der Waals surface area contributed by atoms with Gasteiger partial charge in [-0.15, -0.1) is 0 Å². The number of carbonyl (C=O) groups excluding carboxylic acids is 2. The van der Waals surface area contributed by atoms with E-state index in [9.17, 15) is 14.7 Å². The van der Waals surface area contributed by atoms with Crippen LogP contribution in [-0.2, 0) is 28.9 Å². The Bertz CT molecular complexity index is 1110. The molecule has 2 amide bonds. The van der Waals surface area contributed by atoms with Gasteiger partial charge in [-0.2, -0.15) is 0 Å². The molecule has 0 saturated carbocycles. The van der Waals surface area contributed by atoms with Crippen LogP contribution in [0.1, 0.15) is 43.9 Å². The maximum Gasteiger partial charge on any atom is 0.417 e. The van der Waals surface area contributed by atoms with E-state index >= 15 is 0 Å². The monoisotopic (exact) mass is 502 g/mol. The first-order chi connectivity index (χ1) is 17.6. The SMILES string of the molecule is CC(C)(C)OC(=O)N(Cc1ccccc1)C(=O)C(Cc1ccccc1)CC(O)C(N)Cc1ccccc1. The van der Waals surface area contributed by atoms with Gasteiger partial charge in [-0.1, -0.05) is 91.0 Å². The van der Waals surface area contributed by atoms with Crippen molar-refractivity contribution in [3.05, 3.63) is 108 Å². The van der Waals surface area contributed by atoms with Crippen molar-refractivity contribution in [2.24, 2.45) is 11.7 Å². The summed E-state index contributed by atoms with van der Waals surface area (Å²) in [6.45, 7) is 5.38. The molecule has 3 rings (SSSR count). The van der Waals surface area contributed by atoms with E-state index < -0.39 is 35.7 Å². The Kier molecular flexibility index (Phi) is 10.0. The molecule has 3 N–H and O–H groups in total. The fourth-order valence-electron chi connectivity index (χ4n) is 4.19. The van der Waals surface area contributed by atoms with E-state index in [0.717, 1.165) is 21.6 Å². The third kappa shape index (κ3) is 9.16. The van der Waals surface area contributed by atoms with Crippen molar-refractivity contribution in [3.8, 4) is 0 Å². The summed E-state index contributed by atoms with van der Waals surface area (Å²) in [5, 5.41) is 11.1. The number of ether oxygens (including phenoxy) is 1. The van der Waals surface area contributed by atoms with Gasteiger partial charge in [0, 0.05) is 12.0 Å². The number of aliphatic hydroxyl groups is 1. The normalized spacial score (nSPS) is 13.9. The summed E-state index contributed by atoms with van der Waals surface area (Å²) in [6.07, 6.45) is -0.676. The number of hydrogen-bond acceptors (Lipinski definition) is 5. The van der Waals surface area contributed by atoms with Crippen LogP contribution in [0.5, 0.6) is 0 Å². The van der Waals surface area contributed by atoms with Gasteiger partial charge in [0.1, 0.15) is 5.60 Å². The topological polar surface area (TPSA) is 92.9 Å². The van der Waals surface area contributed by atoms with E-state index in [1.165, 1.54) is 0 Å². The Labute approximate surface area is 220 Å². The van der Waals surface area contributed by atoms with Crippen LogP contribution in [0.3, 0.4) is 0 Å². The van der Waals surface area contributed by atoms with E-state index in [1.807, 2.05) is 91.0 Å². The molecule has 0 heterocycles. The number of benzene rings is 3. The predicted octanol–water partition coefficient (Wildman–Crippen LogP) is 5.13. The second-order valence-corrected chi connectivity index (χ2v) is 10.4. The van der Waals surface area contributed by atoms with Crippen LogP contribution >= 0.6 is 0 Å². The third-order valence-electron chi connectivity index (χ3n) is 6.07. The molecule has 37 heavy (non-hydrogen) atoms. The van der Waals surface area contributed by atoms with E-state index in [4.69, 9.17) is 10.5 Å². The molecule has 0 aliphatic carbocycles. The molecular weight excluding hydrogens is 464 g/mol. The first kappa shape index (κ1) is 28.1. The van der Waals surface area contributed by atoms with Crippen molar-refractivity contribution < 1.29 is 19.4 Å². The zero-order valence-electron chi connectivity index (χ0n) is 21.9. The van der Waals surface area contributed by atoms with Gasteiger partial charge in [-0.3, -0.25) is 4.79 Å². The fourth-order valence-corrected chi connectivity index (χ4v) is 4.19. The highest BCUT2D eigenvalue weighted by Gasteiger charge is 2.34. The standard InChI is InChI=1S/C31H38N2O4/c1-31(2,3)37-30(36)33(22-25-17-11-6-12-18-25)29(35)26(19-23-13-7-4-8-14-23)21-28(34)27(32)20-24-15-9-5-10-16-24/h4-18,26-28,34H,19-22,32H2,1-3H3. The molecule has 3 atom stereocenters. The largest absolute Gasteiger partial charge is 0.443 e. The van der Waals surface area contributed by atoms with Gasteiger partial charge in [0.15, 0.2) is 0 Å². The quantitative estimate of drug-likeness (QED) is 0.401. The first-order valence-electron chi connectivity index (χ1n) is 12.7. The van der Waals surface area contributed by atoms with Crippen molar-refractivity contribution in [2.75, 3.05) is 0 Å². The van der Waals surface area contributed by atoms with Crippen LogP contribution in [-0.4, -0.2) is 39.8 Å². The minimum absolute atomic E-state index is 0.0754.